The topological polar surface area (TPSA) is 78.2 Å². The van der Waals surface area contributed by atoms with Gasteiger partial charge in [-0.15, -0.1) is 0 Å². The lowest BCUT2D eigenvalue weighted by atomic mass is 9.97. The van der Waals surface area contributed by atoms with Gasteiger partial charge in [0.15, 0.2) is 16.9 Å². The number of hydrogen-bond donors (Lipinski definition) is 0. The van der Waals surface area contributed by atoms with E-state index in [2.05, 4.69) is 0 Å². The molecule has 0 fully saturated rings. The largest absolute Gasteiger partial charge is 0.497 e. The second-order valence-electron chi connectivity index (χ2n) is 10.4. The number of rotatable bonds is 9. The summed E-state index contributed by atoms with van der Waals surface area (Å²) >= 11 is 6.40. The lowest BCUT2D eigenvalue weighted by molar-refractivity contribution is 0.0714. The molecular weight excluding hydrogens is 566 g/mol. The van der Waals surface area contributed by atoms with Crippen LogP contribution < -0.4 is 19.6 Å². The number of amides is 1. The Kier molecular flexibility index (Phi) is 7.82. The molecule has 2 heterocycles. The van der Waals surface area contributed by atoms with Crippen molar-refractivity contribution in [1.29, 1.82) is 0 Å². The number of hydrogen-bond acceptors (Lipinski definition) is 6. The fraction of sp³-hybridized carbons (Fsp3) is 0.200. The van der Waals surface area contributed by atoms with Crippen molar-refractivity contribution in [2.24, 2.45) is 0 Å². The molecule has 1 aliphatic heterocycles. The lowest BCUT2D eigenvalue weighted by Crippen LogP contribution is -2.29. The highest BCUT2D eigenvalue weighted by Crippen LogP contribution is 2.42. The molecule has 8 heteroatoms. The maximum atomic E-state index is 14.1. The van der Waals surface area contributed by atoms with E-state index < -0.39 is 6.04 Å². The minimum Gasteiger partial charge on any atom is -0.497 e. The second-order valence-corrected chi connectivity index (χ2v) is 10.8. The molecule has 43 heavy (non-hydrogen) atoms. The van der Waals surface area contributed by atoms with Crippen molar-refractivity contribution >= 4 is 28.5 Å². The highest BCUT2D eigenvalue weighted by molar-refractivity contribution is 6.32. The van der Waals surface area contributed by atoms with Crippen LogP contribution in [0.2, 0.25) is 5.02 Å². The predicted molar refractivity (Wildman–Crippen MR) is 165 cm³/mol. The van der Waals surface area contributed by atoms with E-state index in [9.17, 15) is 9.59 Å². The van der Waals surface area contributed by atoms with Crippen LogP contribution in [0.25, 0.3) is 11.0 Å². The molecule has 4 aromatic carbocycles. The molecule has 0 saturated carbocycles. The number of fused-ring (bicyclic) bond motifs is 2. The van der Waals surface area contributed by atoms with Crippen LogP contribution in [0.4, 0.5) is 0 Å². The van der Waals surface area contributed by atoms with Crippen molar-refractivity contribution in [3.05, 3.63) is 134 Å². The zero-order chi connectivity index (χ0) is 30.1. The normalized spacial score (nSPS) is 14.2. The average molecular weight is 596 g/mol. The summed E-state index contributed by atoms with van der Waals surface area (Å²) in [6.45, 7) is 4.73. The molecule has 1 atom stereocenters. The molecule has 0 radical (unpaired) electrons. The van der Waals surface area contributed by atoms with E-state index in [1.165, 1.54) is 0 Å². The number of methoxy groups -OCH3 is 1. The molecule has 218 valence electrons. The Morgan fingerprint density at radius 3 is 2.37 bits per heavy atom. The molecule has 0 bridgehead atoms. The van der Waals surface area contributed by atoms with E-state index in [1.54, 1.807) is 24.1 Å². The Hall–Kier alpha value is -4.75. The van der Waals surface area contributed by atoms with Crippen molar-refractivity contribution < 1.29 is 23.4 Å². The Labute approximate surface area is 254 Å². The van der Waals surface area contributed by atoms with Crippen LogP contribution >= 0.6 is 11.6 Å². The molecule has 1 aromatic heterocycles. The van der Waals surface area contributed by atoms with Gasteiger partial charge in [-0.3, -0.25) is 9.59 Å². The minimum atomic E-state index is -0.729. The molecule has 1 aliphatic rings. The fourth-order valence-electron chi connectivity index (χ4n) is 5.40. The molecular formula is C35H30ClNO6. The summed E-state index contributed by atoms with van der Waals surface area (Å²) in [4.78, 5) is 29.7. The van der Waals surface area contributed by atoms with E-state index in [1.807, 2.05) is 86.6 Å². The summed E-state index contributed by atoms with van der Waals surface area (Å²) in [6.07, 6.45) is 0. The van der Waals surface area contributed by atoms with Crippen LogP contribution in [0, 0.1) is 6.92 Å². The highest BCUT2D eigenvalue weighted by Gasteiger charge is 2.43. The zero-order valence-corrected chi connectivity index (χ0v) is 24.8. The molecule has 6 rings (SSSR count). The van der Waals surface area contributed by atoms with Crippen LogP contribution in [-0.4, -0.2) is 24.5 Å². The first-order valence-electron chi connectivity index (χ1n) is 14.0. The van der Waals surface area contributed by atoms with Gasteiger partial charge in [0, 0.05) is 11.6 Å². The smallest absolute Gasteiger partial charge is 0.291 e. The van der Waals surface area contributed by atoms with E-state index in [0.29, 0.717) is 52.0 Å². The second kappa shape index (κ2) is 11.9. The van der Waals surface area contributed by atoms with Crippen molar-refractivity contribution in [3.8, 4) is 17.2 Å². The Morgan fingerprint density at radius 1 is 0.884 bits per heavy atom. The SMILES string of the molecule is CCOc1cc(C2c3c(oc4cc(C)c(Cl)cc4c3=O)C(=O)N2Cc2ccc(OC)cc2)ccc1OCc1ccccc1. The molecule has 1 unspecified atom stereocenters. The maximum absolute atomic E-state index is 14.1. The Morgan fingerprint density at radius 2 is 1.65 bits per heavy atom. The molecule has 0 aliphatic carbocycles. The Balaban J connectivity index is 1.46. The van der Waals surface area contributed by atoms with Gasteiger partial charge in [0.1, 0.15) is 17.9 Å². The minimum absolute atomic E-state index is 0.0279. The number of carbonyl (C=O) groups is 1. The lowest BCUT2D eigenvalue weighted by Gasteiger charge is -2.26. The number of carbonyl (C=O) groups excluding carboxylic acids is 1. The van der Waals surface area contributed by atoms with Crippen molar-refractivity contribution in [3.63, 3.8) is 0 Å². The summed E-state index contributed by atoms with van der Waals surface area (Å²) in [6, 6.07) is 25.4. The third-order valence-electron chi connectivity index (χ3n) is 7.58. The van der Waals surface area contributed by atoms with Crippen LogP contribution in [0.15, 0.2) is 94.1 Å². The number of ether oxygens (including phenoxy) is 3. The van der Waals surface area contributed by atoms with Gasteiger partial charge >= 0.3 is 0 Å². The van der Waals surface area contributed by atoms with Gasteiger partial charge < -0.3 is 23.5 Å². The van der Waals surface area contributed by atoms with Crippen LogP contribution in [-0.2, 0) is 13.2 Å². The fourth-order valence-corrected chi connectivity index (χ4v) is 5.56. The van der Waals surface area contributed by atoms with Crippen molar-refractivity contribution in [2.75, 3.05) is 13.7 Å². The zero-order valence-electron chi connectivity index (χ0n) is 24.1. The van der Waals surface area contributed by atoms with Crippen LogP contribution in [0.1, 0.15) is 51.3 Å². The number of halogens is 1. The molecule has 0 N–H and O–H groups in total. The van der Waals surface area contributed by atoms with Gasteiger partial charge in [0.2, 0.25) is 5.76 Å². The summed E-state index contributed by atoms with van der Waals surface area (Å²) < 4.78 is 23.6. The van der Waals surface area contributed by atoms with E-state index in [0.717, 1.165) is 16.7 Å². The monoisotopic (exact) mass is 595 g/mol. The van der Waals surface area contributed by atoms with E-state index in [-0.39, 0.29) is 29.2 Å². The predicted octanol–water partition coefficient (Wildman–Crippen LogP) is 7.49. The third-order valence-corrected chi connectivity index (χ3v) is 7.99. The first kappa shape index (κ1) is 28.4. The van der Waals surface area contributed by atoms with E-state index >= 15 is 0 Å². The highest BCUT2D eigenvalue weighted by atomic mass is 35.5. The maximum Gasteiger partial charge on any atom is 0.291 e. The summed E-state index contributed by atoms with van der Waals surface area (Å²) in [5.41, 5.74) is 3.64. The number of benzene rings is 4. The number of nitrogens with zero attached hydrogens (tertiary/aromatic N) is 1. The molecule has 5 aromatic rings. The van der Waals surface area contributed by atoms with Gasteiger partial charge in [0.05, 0.1) is 30.7 Å². The average Bonchev–Trinajstić information content (AvgIpc) is 3.29. The van der Waals surface area contributed by atoms with Crippen LogP contribution in [0.5, 0.6) is 17.2 Å². The third kappa shape index (κ3) is 5.44. The van der Waals surface area contributed by atoms with Crippen molar-refractivity contribution in [1.82, 2.24) is 4.90 Å². The molecule has 1 amide bonds. The van der Waals surface area contributed by atoms with Gasteiger partial charge in [-0.2, -0.15) is 0 Å². The standard InChI is InChI=1S/C35H30ClNO6/c1-4-41-30-17-24(12-15-28(30)42-20-23-8-6-5-7-9-23)32-31-33(38)26-18-27(36)21(2)16-29(26)43-34(31)35(39)37(32)19-22-10-13-25(40-3)14-11-22/h5-18,32H,4,19-20H2,1-3H3. The van der Waals surface area contributed by atoms with Gasteiger partial charge in [0.25, 0.3) is 5.91 Å². The first-order chi connectivity index (χ1) is 20.9. The van der Waals surface area contributed by atoms with E-state index in [4.69, 9.17) is 30.2 Å². The van der Waals surface area contributed by atoms with Gasteiger partial charge in [-0.1, -0.05) is 60.1 Å². The summed E-state index contributed by atoms with van der Waals surface area (Å²) in [5.74, 6) is 1.45. The van der Waals surface area contributed by atoms with Gasteiger partial charge in [-0.05, 0) is 72.5 Å². The molecule has 0 saturated heterocycles. The summed E-state index contributed by atoms with van der Waals surface area (Å²) in [5, 5.41) is 0.778. The van der Waals surface area contributed by atoms with Gasteiger partial charge in [-0.25, -0.2) is 0 Å². The number of aryl methyl sites for hydroxylation is 1. The van der Waals surface area contributed by atoms with Crippen LogP contribution in [0.3, 0.4) is 0 Å². The van der Waals surface area contributed by atoms with Crippen molar-refractivity contribution in [2.45, 2.75) is 33.0 Å². The molecule has 7 nitrogen and oxygen atoms in total. The quantitative estimate of drug-likeness (QED) is 0.176. The molecule has 0 spiro atoms. The Bertz CT molecular complexity index is 1870. The first-order valence-corrected chi connectivity index (χ1v) is 14.4. The summed E-state index contributed by atoms with van der Waals surface area (Å²) in [7, 11) is 1.60.